The Morgan fingerprint density at radius 1 is 0.842 bits per heavy atom. The van der Waals surface area contributed by atoms with Gasteiger partial charge in [-0.3, -0.25) is 0 Å². The third kappa shape index (κ3) is 1.59. The summed E-state index contributed by atoms with van der Waals surface area (Å²) >= 11 is 0. The summed E-state index contributed by atoms with van der Waals surface area (Å²) in [5.41, 5.74) is 4.04. The van der Waals surface area contributed by atoms with E-state index in [1.54, 1.807) is 0 Å². The van der Waals surface area contributed by atoms with Crippen LogP contribution in [-0.2, 0) is 6.42 Å². The Kier molecular flexibility index (Phi) is 2.25. The summed E-state index contributed by atoms with van der Waals surface area (Å²) in [6.45, 7) is 0. The van der Waals surface area contributed by atoms with Gasteiger partial charge in [-0.05, 0) is 17.7 Å². The molecule has 1 heteroatoms. The Balaban J connectivity index is 2.14. The number of nitrogens with zero attached hydrogens (tertiary/aromatic N) is 1. The molecule has 90 valence electrons. The molecule has 0 spiro atoms. The SMILES string of the molecule is C1=C[n+]2cc3ccccc3c(-c3ccccc3)c2C1. The van der Waals surface area contributed by atoms with Gasteiger partial charge in [0.25, 0.3) is 0 Å². The van der Waals surface area contributed by atoms with E-state index in [1.165, 1.54) is 27.6 Å². The van der Waals surface area contributed by atoms with Crippen molar-refractivity contribution in [2.75, 3.05) is 0 Å². The van der Waals surface area contributed by atoms with Gasteiger partial charge in [0.2, 0.25) is 0 Å². The first-order chi connectivity index (χ1) is 9.43. The van der Waals surface area contributed by atoms with Gasteiger partial charge in [-0.15, -0.1) is 0 Å². The summed E-state index contributed by atoms with van der Waals surface area (Å²) in [4.78, 5) is 0. The zero-order chi connectivity index (χ0) is 12.7. The van der Waals surface area contributed by atoms with Crippen molar-refractivity contribution in [3.63, 3.8) is 0 Å². The molecule has 2 heterocycles. The van der Waals surface area contributed by atoms with Gasteiger partial charge in [0.15, 0.2) is 18.1 Å². The first-order valence-electron chi connectivity index (χ1n) is 6.61. The molecule has 0 saturated heterocycles. The van der Waals surface area contributed by atoms with Crippen molar-refractivity contribution in [3.8, 4) is 11.1 Å². The molecule has 0 saturated carbocycles. The molecule has 4 rings (SSSR count). The Labute approximate surface area is 112 Å². The van der Waals surface area contributed by atoms with Crippen LogP contribution < -0.4 is 4.57 Å². The van der Waals surface area contributed by atoms with Crippen LogP contribution in [-0.4, -0.2) is 0 Å². The molecule has 1 aliphatic heterocycles. The molecule has 0 amide bonds. The Bertz CT molecular complexity index is 785. The third-order valence-electron chi connectivity index (χ3n) is 3.75. The van der Waals surface area contributed by atoms with E-state index in [9.17, 15) is 0 Å². The van der Waals surface area contributed by atoms with Gasteiger partial charge in [-0.2, -0.15) is 4.57 Å². The molecule has 19 heavy (non-hydrogen) atoms. The lowest BCUT2D eigenvalue weighted by Gasteiger charge is -2.08. The number of pyridine rings is 1. The monoisotopic (exact) mass is 244 g/mol. The van der Waals surface area contributed by atoms with Gasteiger partial charge in [-0.25, -0.2) is 0 Å². The van der Waals surface area contributed by atoms with Crippen LogP contribution in [0.25, 0.3) is 28.1 Å². The molecule has 0 aliphatic carbocycles. The third-order valence-corrected chi connectivity index (χ3v) is 3.75. The molecule has 1 aromatic heterocycles. The predicted octanol–water partition coefficient (Wildman–Crippen LogP) is 3.82. The second-order valence-electron chi connectivity index (χ2n) is 4.90. The number of allylic oxidation sites excluding steroid dienone is 1. The van der Waals surface area contributed by atoms with Crippen molar-refractivity contribution >= 4 is 17.0 Å². The second-order valence-corrected chi connectivity index (χ2v) is 4.90. The molecule has 1 nitrogen and oxygen atoms in total. The van der Waals surface area contributed by atoms with Crippen molar-refractivity contribution in [1.29, 1.82) is 0 Å². The van der Waals surface area contributed by atoms with Gasteiger partial charge >= 0.3 is 0 Å². The standard InChI is InChI=1S/C18H14N/c1-2-7-14(8-3-1)18-16-10-5-4-9-15(16)13-19-12-6-11-17(18)19/h1-10,12-13H,11H2/q+1. The van der Waals surface area contributed by atoms with Crippen molar-refractivity contribution in [1.82, 2.24) is 0 Å². The van der Waals surface area contributed by atoms with Gasteiger partial charge in [0.1, 0.15) is 0 Å². The van der Waals surface area contributed by atoms with Gasteiger partial charge in [0, 0.05) is 10.8 Å². The Morgan fingerprint density at radius 2 is 1.63 bits per heavy atom. The molecule has 0 N–H and O–H groups in total. The molecule has 1 aliphatic rings. The lowest BCUT2D eigenvalue weighted by molar-refractivity contribution is -0.569. The molecule has 0 radical (unpaired) electrons. The molecule has 0 unspecified atom stereocenters. The van der Waals surface area contributed by atoms with Crippen LogP contribution in [0.5, 0.6) is 0 Å². The molecule has 3 aromatic rings. The zero-order valence-corrected chi connectivity index (χ0v) is 10.6. The van der Waals surface area contributed by atoms with E-state index in [4.69, 9.17) is 0 Å². The highest BCUT2D eigenvalue weighted by molar-refractivity contribution is 5.96. The van der Waals surface area contributed by atoms with Gasteiger partial charge in [0.05, 0.1) is 12.0 Å². The maximum absolute atomic E-state index is 2.25. The van der Waals surface area contributed by atoms with Crippen molar-refractivity contribution in [2.45, 2.75) is 6.42 Å². The quantitative estimate of drug-likeness (QED) is 0.573. The maximum atomic E-state index is 2.25. The second kappa shape index (κ2) is 4.06. The van der Waals surface area contributed by atoms with E-state index in [0.717, 1.165) is 6.42 Å². The van der Waals surface area contributed by atoms with Gasteiger partial charge in [-0.1, -0.05) is 48.5 Å². The highest BCUT2D eigenvalue weighted by atomic mass is 15.0. The van der Waals surface area contributed by atoms with E-state index in [0.29, 0.717) is 0 Å². The fourth-order valence-electron chi connectivity index (χ4n) is 2.89. The van der Waals surface area contributed by atoms with Crippen molar-refractivity contribution in [2.24, 2.45) is 0 Å². The zero-order valence-electron chi connectivity index (χ0n) is 10.6. The average Bonchev–Trinajstić information content (AvgIpc) is 2.93. The lowest BCUT2D eigenvalue weighted by atomic mass is 9.96. The first-order valence-corrected chi connectivity index (χ1v) is 6.61. The topological polar surface area (TPSA) is 3.88 Å². The Morgan fingerprint density at radius 3 is 2.53 bits per heavy atom. The van der Waals surface area contributed by atoms with Crippen LogP contribution in [0.2, 0.25) is 0 Å². The lowest BCUT2D eigenvalue weighted by Crippen LogP contribution is -2.28. The molecule has 0 bridgehead atoms. The predicted molar refractivity (Wildman–Crippen MR) is 78.6 cm³/mol. The number of rotatable bonds is 1. The number of benzene rings is 2. The number of hydrogen-bond acceptors (Lipinski definition) is 0. The van der Waals surface area contributed by atoms with Gasteiger partial charge < -0.3 is 0 Å². The van der Waals surface area contributed by atoms with E-state index in [1.807, 2.05) is 0 Å². The summed E-state index contributed by atoms with van der Waals surface area (Å²) in [6.07, 6.45) is 7.62. The normalized spacial score (nSPS) is 12.8. The maximum Gasteiger partial charge on any atom is 0.199 e. The molecular formula is C18H14N+. The minimum absolute atomic E-state index is 1.01. The van der Waals surface area contributed by atoms with Crippen LogP contribution in [0.4, 0.5) is 0 Å². The van der Waals surface area contributed by atoms with Crippen LogP contribution in [0.15, 0.2) is 66.9 Å². The minimum Gasteiger partial charge on any atom is -0.170 e. The summed E-state index contributed by atoms with van der Waals surface area (Å²) < 4.78 is 2.25. The number of fused-ring (bicyclic) bond motifs is 2. The summed E-state index contributed by atoms with van der Waals surface area (Å²) in [6, 6.07) is 19.3. The van der Waals surface area contributed by atoms with Crippen LogP contribution >= 0.6 is 0 Å². The minimum atomic E-state index is 1.01. The van der Waals surface area contributed by atoms with Crippen molar-refractivity contribution < 1.29 is 4.57 Å². The summed E-state index contributed by atoms with van der Waals surface area (Å²) in [5, 5.41) is 2.63. The van der Waals surface area contributed by atoms with E-state index in [2.05, 4.69) is 77.6 Å². The largest absolute Gasteiger partial charge is 0.199 e. The smallest absolute Gasteiger partial charge is 0.170 e. The summed E-state index contributed by atoms with van der Waals surface area (Å²) in [5.74, 6) is 0. The fraction of sp³-hybridized carbons (Fsp3) is 0.0556. The summed E-state index contributed by atoms with van der Waals surface area (Å²) in [7, 11) is 0. The molecule has 0 fully saturated rings. The molecular weight excluding hydrogens is 230 g/mol. The Hall–Kier alpha value is -2.41. The van der Waals surface area contributed by atoms with E-state index >= 15 is 0 Å². The van der Waals surface area contributed by atoms with Crippen molar-refractivity contribution in [3.05, 3.63) is 72.6 Å². The molecule has 0 atom stereocenters. The van der Waals surface area contributed by atoms with Crippen LogP contribution in [0.1, 0.15) is 5.69 Å². The van der Waals surface area contributed by atoms with Crippen LogP contribution in [0, 0.1) is 0 Å². The number of hydrogen-bond donors (Lipinski definition) is 0. The highest BCUT2D eigenvalue weighted by Gasteiger charge is 2.22. The first kappa shape index (κ1) is 10.5. The van der Waals surface area contributed by atoms with E-state index < -0.39 is 0 Å². The highest BCUT2D eigenvalue weighted by Crippen LogP contribution is 2.31. The average molecular weight is 244 g/mol. The number of aromatic nitrogens is 1. The van der Waals surface area contributed by atoms with Crippen LogP contribution in [0.3, 0.4) is 0 Å². The van der Waals surface area contributed by atoms with E-state index in [-0.39, 0.29) is 0 Å². The fourth-order valence-corrected chi connectivity index (χ4v) is 2.89. The molecule has 2 aromatic carbocycles.